The van der Waals surface area contributed by atoms with Crippen molar-refractivity contribution in [3.63, 3.8) is 0 Å². The Kier molecular flexibility index (Phi) is 6.16. The van der Waals surface area contributed by atoms with Crippen LogP contribution in [0.4, 0.5) is 11.5 Å². The first kappa shape index (κ1) is 17.0. The van der Waals surface area contributed by atoms with Gasteiger partial charge in [-0.3, -0.25) is 9.59 Å². The number of rotatable bonds is 7. The van der Waals surface area contributed by atoms with Crippen LogP contribution in [0.15, 0.2) is 18.3 Å². The van der Waals surface area contributed by atoms with Crippen molar-refractivity contribution in [2.75, 3.05) is 56.3 Å². The Morgan fingerprint density at radius 2 is 2.13 bits per heavy atom. The standard InChI is InChI=1S/C15H21N3O5/c1-22-15(21)4-5-18(11-14(19)20)12-2-3-13(16-10-12)17-6-8-23-9-7-17/h2-3,10H,4-9,11H2,1H3,(H,19,20). The number of anilines is 2. The molecule has 1 fully saturated rings. The number of carbonyl (C=O) groups is 2. The maximum absolute atomic E-state index is 11.3. The summed E-state index contributed by atoms with van der Waals surface area (Å²) in [6, 6.07) is 3.67. The van der Waals surface area contributed by atoms with Crippen molar-refractivity contribution in [2.24, 2.45) is 0 Å². The highest BCUT2D eigenvalue weighted by atomic mass is 16.5. The van der Waals surface area contributed by atoms with E-state index in [1.807, 2.05) is 12.1 Å². The number of aromatic nitrogens is 1. The van der Waals surface area contributed by atoms with Crippen LogP contribution < -0.4 is 9.80 Å². The van der Waals surface area contributed by atoms with E-state index in [0.29, 0.717) is 18.9 Å². The Balaban J connectivity index is 2.04. The smallest absolute Gasteiger partial charge is 0.323 e. The Morgan fingerprint density at radius 3 is 2.70 bits per heavy atom. The summed E-state index contributed by atoms with van der Waals surface area (Å²) in [5.41, 5.74) is 0.660. The number of carbonyl (C=O) groups excluding carboxylic acids is 1. The lowest BCUT2D eigenvalue weighted by atomic mass is 10.3. The molecule has 126 valence electrons. The number of aliphatic carboxylic acids is 1. The summed E-state index contributed by atoms with van der Waals surface area (Å²) in [5.74, 6) is -0.509. The van der Waals surface area contributed by atoms with E-state index >= 15 is 0 Å². The largest absolute Gasteiger partial charge is 0.480 e. The highest BCUT2D eigenvalue weighted by Gasteiger charge is 2.16. The van der Waals surface area contributed by atoms with Crippen LogP contribution in [0.1, 0.15) is 6.42 Å². The monoisotopic (exact) mass is 323 g/mol. The molecule has 0 amide bonds. The van der Waals surface area contributed by atoms with E-state index in [1.54, 1.807) is 11.1 Å². The Hall–Kier alpha value is -2.35. The Labute approximate surface area is 134 Å². The molecule has 0 bridgehead atoms. The zero-order chi connectivity index (χ0) is 16.7. The predicted octanol–water partition coefficient (Wildman–Crippen LogP) is 0.372. The maximum Gasteiger partial charge on any atom is 0.323 e. The average Bonchev–Trinajstić information content (AvgIpc) is 2.59. The zero-order valence-electron chi connectivity index (χ0n) is 13.1. The zero-order valence-corrected chi connectivity index (χ0v) is 13.1. The lowest BCUT2D eigenvalue weighted by Crippen LogP contribution is -2.37. The topological polar surface area (TPSA) is 92.2 Å². The first-order valence-corrected chi connectivity index (χ1v) is 7.42. The van der Waals surface area contributed by atoms with Gasteiger partial charge in [0.05, 0.1) is 38.6 Å². The van der Waals surface area contributed by atoms with Crippen molar-refractivity contribution in [1.82, 2.24) is 4.98 Å². The number of esters is 1. The van der Waals surface area contributed by atoms with Gasteiger partial charge in [-0.2, -0.15) is 0 Å². The molecule has 1 aliphatic rings. The summed E-state index contributed by atoms with van der Waals surface area (Å²) in [6.45, 7) is 2.98. The maximum atomic E-state index is 11.3. The van der Waals surface area contributed by atoms with E-state index in [9.17, 15) is 9.59 Å². The van der Waals surface area contributed by atoms with Gasteiger partial charge in [0, 0.05) is 19.6 Å². The molecule has 8 heteroatoms. The van der Waals surface area contributed by atoms with Crippen LogP contribution in [0.3, 0.4) is 0 Å². The van der Waals surface area contributed by atoms with Crippen LogP contribution in [0.5, 0.6) is 0 Å². The van der Waals surface area contributed by atoms with Crippen molar-refractivity contribution < 1.29 is 24.2 Å². The fourth-order valence-corrected chi connectivity index (χ4v) is 2.34. The number of hydrogen-bond acceptors (Lipinski definition) is 7. The summed E-state index contributed by atoms with van der Waals surface area (Å²) in [7, 11) is 1.31. The molecule has 1 saturated heterocycles. The van der Waals surface area contributed by atoms with E-state index in [1.165, 1.54) is 7.11 Å². The second-order valence-corrected chi connectivity index (χ2v) is 5.12. The van der Waals surface area contributed by atoms with Gasteiger partial charge in [-0.05, 0) is 12.1 Å². The number of carboxylic acid groups (broad SMARTS) is 1. The molecule has 0 saturated carbocycles. The van der Waals surface area contributed by atoms with Gasteiger partial charge in [-0.25, -0.2) is 4.98 Å². The highest BCUT2D eigenvalue weighted by Crippen LogP contribution is 2.19. The molecule has 0 unspecified atom stereocenters. The van der Waals surface area contributed by atoms with Gasteiger partial charge in [0.15, 0.2) is 0 Å². The third-order valence-electron chi connectivity index (χ3n) is 3.57. The van der Waals surface area contributed by atoms with Gasteiger partial charge in [0.1, 0.15) is 12.4 Å². The molecule has 0 aliphatic carbocycles. The van der Waals surface area contributed by atoms with E-state index in [0.717, 1.165) is 18.9 Å². The van der Waals surface area contributed by atoms with Crippen LogP contribution in [0.2, 0.25) is 0 Å². The van der Waals surface area contributed by atoms with Gasteiger partial charge < -0.3 is 24.4 Å². The second-order valence-electron chi connectivity index (χ2n) is 5.12. The number of nitrogens with zero attached hydrogens (tertiary/aromatic N) is 3. The lowest BCUT2D eigenvalue weighted by molar-refractivity contribution is -0.141. The first-order valence-electron chi connectivity index (χ1n) is 7.42. The number of pyridine rings is 1. The van der Waals surface area contributed by atoms with Gasteiger partial charge in [0.2, 0.25) is 0 Å². The van der Waals surface area contributed by atoms with Crippen molar-refractivity contribution in [2.45, 2.75) is 6.42 Å². The van der Waals surface area contributed by atoms with E-state index < -0.39 is 5.97 Å². The molecular formula is C15H21N3O5. The van der Waals surface area contributed by atoms with Gasteiger partial charge in [-0.15, -0.1) is 0 Å². The summed E-state index contributed by atoms with van der Waals surface area (Å²) in [6.07, 6.45) is 1.75. The molecule has 1 aromatic rings. The van der Waals surface area contributed by atoms with Crippen LogP contribution >= 0.6 is 0 Å². The summed E-state index contributed by atoms with van der Waals surface area (Å²) in [5, 5.41) is 9.03. The molecule has 0 aromatic carbocycles. The molecule has 1 N–H and O–H groups in total. The Bertz CT molecular complexity index is 528. The third-order valence-corrected chi connectivity index (χ3v) is 3.57. The van der Waals surface area contributed by atoms with Crippen molar-refractivity contribution in [3.05, 3.63) is 18.3 Å². The molecule has 23 heavy (non-hydrogen) atoms. The summed E-state index contributed by atoms with van der Waals surface area (Å²) < 4.78 is 9.90. The highest BCUT2D eigenvalue weighted by molar-refractivity contribution is 5.75. The lowest BCUT2D eigenvalue weighted by Gasteiger charge is -2.28. The van der Waals surface area contributed by atoms with Crippen LogP contribution in [0.25, 0.3) is 0 Å². The number of morpholine rings is 1. The van der Waals surface area contributed by atoms with E-state index in [4.69, 9.17) is 9.84 Å². The molecule has 0 spiro atoms. The molecule has 0 atom stereocenters. The molecule has 1 aromatic heterocycles. The minimum absolute atomic E-state index is 0.120. The van der Waals surface area contributed by atoms with E-state index in [-0.39, 0.29) is 25.5 Å². The molecule has 0 radical (unpaired) electrons. The van der Waals surface area contributed by atoms with Crippen molar-refractivity contribution in [3.8, 4) is 0 Å². The predicted molar refractivity (Wildman–Crippen MR) is 83.8 cm³/mol. The van der Waals surface area contributed by atoms with Crippen LogP contribution in [0, 0.1) is 0 Å². The number of carboxylic acids is 1. The molecule has 2 heterocycles. The fourth-order valence-electron chi connectivity index (χ4n) is 2.34. The quantitative estimate of drug-likeness (QED) is 0.720. The number of hydrogen-bond donors (Lipinski definition) is 1. The average molecular weight is 323 g/mol. The Morgan fingerprint density at radius 1 is 1.39 bits per heavy atom. The fraction of sp³-hybridized carbons (Fsp3) is 0.533. The second kappa shape index (κ2) is 8.33. The molecule has 8 nitrogen and oxygen atoms in total. The van der Waals surface area contributed by atoms with Crippen molar-refractivity contribution in [1.29, 1.82) is 0 Å². The van der Waals surface area contributed by atoms with Crippen LogP contribution in [-0.2, 0) is 19.1 Å². The number of methoxy groups -OCH3 is 1. The molecule has 2 rings (SSSR count). The molecule has 1 aliphatic heterocycles. The first-order chi connectivity index (χ1) is 11.1. The number of ether oxygens (including phenoxy) is 2. The minimum Gasteiger partial charge on any atom is -0.480 e. The summed E-state index contributed by atoms with van der Waals surface area (Å²) in [4.78, 5) is 30.4. The summed E-state index contributed by atoms with van der Waals surface area (Å²) >= 11 is 0. The molecular weight excluding hydrogens is 302 g/mol. The minimum atomic E-state index is -0.966. The van der Waals surface area contributed by atoms with E-state index in [2.05, 4.69) is 14.6 Å². The SMILES string of the molecule is COC(=O)CCN(CC(=O)O)c1ccc(N2CCOCC2)nc1. The van der Waals surface area contributed by atoms with Gasteiger partial charge >= 0.3 is 11.9 Å². The normalized spacial score (nSPS) is 14.4. The van der Waals surface area contributed by atoms with Crippen molar-refractivity contribution >= 4 is 23.4 Å². The van der Waals surface area contributed by atoms with Gasteiger partial charge in [0.25, 0.3) is 0 Å². The van der Waals surface area contributed by atoms with Gasteiger partial charge in [-0.1, -0.05) is 0 Å². The third kappa shape index (κ3) is 5.10. The van der Waals surface area contributed by atoms with Crippen LogP contribution in [-0.4, -0.2) is 68.5 Å².